The van der Waals surface area contributed by atoms with Gasteiger partial charge in [0.25, 0.3) is 0 Å². The summed E-state index contributed by atoms with van der Waals surface area (Å²) in [7, 11) is 3.09. The van der Waals surface area contributed by atoms with Gasteiger partial charge in [-0.15, -0.1) is 0 Å². The molecule has 4 nitrogen and oxygen atoms in total. The summed E-state index contributed by atoms with van der Waals surface area (Å²) in [5.74, 6) is 4.64. The van der Waals surface area contributed by atoms with Gasteiger partial charge in [-0.2, -0.15) is 0 Å². The Bertz CT molecular complexity index is 452. The second-order valence-electron chi connectivity index (χ2n) is 3.36. The molecule has 18 heavy (non-hydrogen) atoms. The Morgan fingerprint density at radius 3 is 2.56 bits per heavy atom. The molecule has 0 heterocycles. The van der Waals surface area contributed by atoms with Crippen LogP contribution < -0.4 is 0 Å². The van der Waals surface area contributed by atoms with Crippen LogP contribution in [0.25, 0.3) is 0 Å². The molecule has 0 saturated carbocycles. The summed E-state index contributed by atoms with van der Waals surface area (Å²) in [6.07, 6.45) is -0.502. The van der Waals surface area contributed by atoms with Crippen LogP contribution in [-0.4, -0.2) is 26.8 Å². The fraction of sp³-hybridized carbons (Fsp3) is 0.357. The summed E-state index contributed by atoms with van der Waals surface area (Å²) < 4.78 is 15.1. The smallest absolute Gasteiger partial charge is 0.384 e. The number of hydrogen-bond acceptors (Lipinski definition) is 4. The summed E-state index contributed by atoms with van der Waals surface area (Å²) >= 11 is 0. The van der Waals surface area contributed by atoms with Gasteiger partial charge in [-0.25, -0.2) is 4.79 Å². The van der Waals surface area contributed by atoms with E-state index in [2.05, 4.69) is 11.8 Å². The number of hydrogen-bond donors (Lipinski definition) is 0. The number of benzene rings is 1. The maximum atomic E-state index is 11.2. The van der Waals surface area contributed by atoms with E-state index >= 15 is 0 Å². The second-order valence-corrected chi connectivity index (χ2v) is 3.36. The fourth-order valence-electron chi connectivity index (χ4n) is 1.45. The lowest BCUT2D eigenvalue weighted by atomic mass is 10.1. The van der Waals surface area contributed by atoms with E-state index in [9.17, 15) is 4.79 Å². The highest BCUT2D eigenvalue weighted by molar-refractivity contribution is 5.89. The van der Waals surface area contributed by atoms with Crippen molar-refractivity contribution in [2.75, 3.05) is 20.8 Å². The van der Waals surface area contributed by atoms with Gasteiger partial charge in [-0.1, -0.05) is 24.1 Å². The molecule has 1 aromatic rings. The molecule has 0 spiro atoms. The third kappa shape index (κ3) is 3.88. The highest BCUT2D eigenvalue weighted by atomic mass is 16.7. The summed E-state index contributed by atoms with van der Waals surface area (Å²) in [6, 6.07) is 7.33. The van der Waals surface area contributed by atoms with Crippen LogP contribution >= 0.6 is 0 Å². The van der Waals surface area contributed by atoms with Gasteiger partial charge < -0.3 is 14.2 Å². The van der Waals surface area contributed by atoms with Gasteiger partial charge in [-0.3, -0.25) is 0 Å². The van der Waals surface area contributed by atoms with Crippen molar-refractivity contribution in [1.29, 1.82) is 0 Å². The van der Waals surface area contributed by atoms with E-state index in [-0.39, 0.29) is 0 Å². The molecule has 1 aromatic carbocycles. The molecule has 0 saturated heterocycles. The average Bonchev–Trinajstić information content (AvgIpc) is 2.39. The number of carbonyl (C=O) groups excluding carboxylic acids is 1. The molecule has 0 radical (unpaired) electrons. The molecule has 1 rings (SSSR count). The lowest BCUT2D eigenvalue weighted by molar-refractivity contribution is -0.136. The highest BCUT2D eigenvalue weighted by Gasteiger charge is 2.12. The van der Waals surface area contributed by atoms with E-state index in [0.717, 1.165) is 5.56 Å². The fourth-order valence-corrected chi connectivity index (χ4v) is 1.45. The number of carbonyl (C=O) groups is 1. The Labute approximate surface area is 107 Å². The van der Waals surface area contributed by atoms with Gasteiger partial charge >= 0.3 is 5.97 Å². The molecular formula is C14H16O4. The SMILES string of the molecule is CCOC(=O)C#Cc1ccccc1C(OC)OC. The Kier molecular flexibility index (Phi) is 5.92. The number of rotatable bonds is 4. The van der Waals surface area contributed by atoms with Crippen molar-refractivity contribution in [2.24, 2.45) is 0 Å². The van der Waals surface area contributed by atoms with E-state index in [1.165, 1.54) is 0 Å². The number of methoxy groups -OCH3 is 2. The van der Waals surface area contributed by atoms with Gasteiger partial charge in [0, 0.05) is 31.3 Å². The minimum absolute atomic E-state index is 0.313. The van der Waals surface area contributed by atoms with Crippen LogP contribution in [0.3, 0.4) is 0 Å². The molecule has 0 unspecified atom stereocenters. The molecule has 4 heteroatoms. The molecule has 0 N–H and O–H groups in total. The van der Waals surface area contributed by atoms with Crippen molar-refractivity contribution in [2.45, 2.75) is 13.2 Å². The molecule has 0 amide bonds. The Morgan fingerprint density at radius 2 is 1.94 bits per heavy atom. The average molecular weight is 248 g/mol. The zero-order valence-corrected chi connectivity index (χ0v) is 10.7. The van der Waals surface area contributed by atoms with E-state index in [1.807, 2.05) is 18.2 Å². The lowest BCUT2D eigenvalue weighted by Crippen LogP contribution is -2.06. The number of ether oxygens (including phenoxy) is 3. The first-order valence-electron chi connectivity index (χ1n) is 5.56. The van der Waals surface area contributed by atoms with Gasteiger partial charge in [0.1, 0.15) is 0 Å². The van der Waals surface area contributed by atoms with Crippen molar-refractivity contribution < 1.29 is 19.0 Å². The molecular weight excluding hydrogens is 232 g/mol. The minimum atomic E-state index is -0.543. The molecule has 0 aliphatic rings. The van der Waals surface area contributed by atoms with Crippen LogP contribution in [0.15, 0.2) is 24.3 Å². The molecule has 0 aliphatic heterocycles. The highest BCUT2D eigenvalue weighted by Crippen LogP contribution is 2.20. The first kappa shape index (κ1) is 14.2. The van der Waals surface area contributed by atoms with Crippen molar-refractivity contribution in [3.63, 3.8) is 0 Å². The van der Waals surface area contributed by atoms with Crippen LogP contribution in [0.1, 0.15) is 24.3 Å². The summed E-state index contributed by atoms with van der Waals surface area (Å²) in [4.78, 5) is 11.2. The standard InChI is InChI=1S/C14H16O4/c1-4-18-13(15)10-9-11-7-5-6-8-12(11)14(16-2)17-3/h5-8,14H,4H2,1-3H3. The minimum Gasteiger partial charge on any atom is -0.456 e. The largest absolute Gasteiger partial charge is 0.456 e. The zero-order chi connectivity index (χ0) is 13.4. The topological polar surface area (TPSA) is 44.8 Å². The maximum absolute atomic E-state index is 11.2. The Balaban J connectivity index is 2.98. The Morgan fingerprint density at radius 1 is 1.28 bits per heavy atom. The van der Waals surface area contributed by atoms with E-state index in [0.29, 0.717) is 12.2 Å². The zero-order valence-electron chi connectivity index (χ0n) is 10.7. The van der Waals surface area contributed by atoms with Gasteiger partial charge in [0.15, 0.2) is 6.29 Å². The summed E-state index contributed by atoms with van der Waals surface area (Å²) in [6.45, 7) is 2.05. The van der Waals surface area contributed by atoms with Gasteiger partial charge in [-0.05, 0) is 13.0 Å². The normalized spacial score (nSPS) is 9.78. The Hall–Kier alpha value is -1.83. The van der Waals surface area contributed by atoms with Crippen molar-refractivity contribution in [3.8, 4) is 11.8 Å². The predicted molar refractivity (Wildman–Crippen MR) is 66.7 cm³/mol. The molecule has 0 fully saturated rings. The summed E-state index contributed by atoms with van der Waals surface area (Å²) in [5.41, 5.74) is 1.46. The first-order chi connectivity index (χ1) is 8.72. The monoisotopic (exact) mass is 248 g/mol. The molecule has 96 valence electrons. The van der Waals surface area contributed by atoms with Gasteiger partial charge in [0.2, 0.25) is 0 Å². The first-order valence-corrected chi connectivity index (χ1v) is 5.56. The van der Waals surface area contributed by atoms with Crippen molar-refractivity contribution >= 4 is 5.97 Å². The van der Waals surface area contributed by atoms with Crippen molar-refractivity contribution in [3.05, 3.63) is 35.4 Å². The third-order valence-corrected chi connectivity index (χ3v) is 2.22. The van der Waals surface area contributed by atoms with Crippen LogP contribution in [0.4, 0.5) is 0 Å². The third-order valence-electron chi connectivity index (χ3n) is 2.22. The van der Waals surface area contributed by atoms with E-state index in [4.69, 9.17) is 14.2 Å². The molecule has 0 aromatic heterocycles. The van der Waals surface area contributed by atoms with Crippen LogP contribution in [0.5, 0.6) is 0 Å². The second kappa shape index (κ2) is 7.49. The molecule has 0 atom stereocenters. The lowest BCUT2D eigenvalue weighted by Gasteiger charge is -2.14. The molecule has 0 bridgehead atoms. The maximum Gasteiger partial charge on any atom is 0.384 e. The van der Waals surface area contributed by atoms with Gasteiger partial charge in [0.05, 0.1) is 6.61 Å². The van der Waals surface area contributed by atoms with E-state index < -0.39 is 12.3 Å². The summed E-state index contributed by atoms with van der Waals surface area (Å²) in [5, 5.41) is 0. The predicted octanol–water partition coefficient (Wildman–Crippen LogP) is 1.89. The van der Waals surface area contributed by atoms with Crippen LogP contribution in [0.2, 0.25) is 0 Å². The van der Waals surface area contributed by atoms with Crippen LogP contribution in [0, 0.1) is 11.8 Å². The van der Waals surface area contributed by atoms with Crippen LogP contribution in [-0.2, 0) is 19.0 Å². The van der Waals surface area contributed by atoms with Crippen molar-refractivity contribution in [1.82, 2.24) is 0 Å². The van der Waals surface area contributed by atoms with E-state index in [1.54, 1.807) is 27.2 Å². The quantitative estimate of drug-likeness (QED) is 0.464. The number of esters is 1. The molecule has 0 aliphatic carbocycles.